The Morgan fingerprint density at radius 1 is 1.10 bits per heavy atom. The third kappa shape index (κ3) is 3.86. The smallest absolute Gasteiger partial charge is 0.317 e. The van der Waals surface area contributed by atoms with E-state index >= 15 is 0 Å². The summed E-state index contributed by atoms with van der Waals surface area (Å²) in [6.45, 7) is 1.84. The van der Waals surface area contributed by atoms with Crippen LogP contribution in [0.4, 0.5) is 10.6 Å². The van der Waals surface area contributed by atoms with Crippen molar-refractivity contribution in [2.24, 2.45) is 0 Å². The molecule has 21 heavy (non-hydrogen) atoms. The van der Waals surface area contributed by atoms with Gasteiger partial charge in [0.1, 0.15) is 5.82 Å². The Balaban J connectivity index is 1.41. The number of hydrogen-bond acceptors (Lipinski definition) is 3. The second kappa shape index (κ2) is 6.78. The second-order valence-electron chi connectivity index (χ2n) is 6.05. The van der Waals surface area contributed by atoms with Gasteiger partial charge in [-0.25, -0.2) is 9.78 Å². The molecule has 1 aliphatic carbocycles. The van der Waals surface area contributed by atoms with Crippen LogP contribution in [0.1, 0.15) is 38.5 Å². The molecule has 0 aromatic carbocycles. The number of pyridine rings is 1. The van der Waals surface area contributed by atoms with E-state index in [4.69, 9.17) is 0 Å². The number of urea groups is 1. The van der Waals surface area contributed by atoms with E-state index in [9.17, 15) is 4.79 Å². The maximum absolute atomic E-state index is 12.1. The molecule has 0 bridgehead atoms. The molecule has 1 saturated carbocycles. The van der Waals surface area contributed by atoms with E-state index < -0.39 is 0 Å². The minimum Gasteiger partial charge on any atom is -0.367 e. The number of amides is 2. The topological polar surface area (TPSA) is 57.3 Å². The maximum atomic E-state index is 12.1. The maximum Gasteiger partial charge on any atom is 0.317 e. The van der Waals surface area contributed by atoms with E-state index in [0.717, 1.165) is 57.4 Å². The molecule has 1 aromatic rings. The quantitative estimate of drug-likeness (QED) is 0.899. The zero-order valence-corrected chi connectivity index (χ0v) is 12.4. The number of carbonyl (C=O) groups is 1. The summed E-state index contributed by atoms with van der Waals surface area (Å²) < 4.78 is 0. The van der Waals surface area contributed by atoms with E-state index in [-0.39, 0.29) is 6.03 Å². The molecule has 0 spiro atoms. The lowest BCUT2D eigenvalue weighted by Crippen LogP contribution is -2.46. The Labute approximate surface area is 126 Å². The molecule has 0 unspecified atom stereocenters. The van der Waals surface area contributed by atoms with Crippen molar-refractivity contribution in [1.82, 2.24) is 15.2 Å². The minimum atomic E-state index is 0.133. The molecule has 2 heterocycles. The lowest BCUT2D eigenvalue weighted by atomic mass is 9.91. The predicted molar refractivity (Wildman–Crippen MR) is 83.2 cm³/mol. The first-order chi connectivity index (χ1) is 10.3. The van der Waals surface area contributed by atoms with E-state index in [0.29, 0.717) is 12.1 Å². The Hall–Kier alpha value is -1.78. The van der Waals surface area contributed by atoms with Gasteiger partial charge in [0, 0.05) is 31.4 Å². The monoisotopic (exact) mass is 288 g/mol. The summed E-state index contributed by atoms with van der Waals surface area (Å²) in [7, 11) is 0. The molecule has 2 fully saturated rings. The van der Waals surface area contributed by atoms with Crippen LogP contribution in [0.5, 0.6) is 0 Å². The third-order valence-corrected chi connectivity index (χ3v) is 4.46. The average molecular weight is 288 g/mol. The summed E-state index contributed by atoms with van der Waals surface area (Å²) in [4.78, 5) is 18.3. The standard InChI is InChI=1S/C16H24N4O/c21-16(20-11-3-4-12-20)19-14-8-6-13(7-9-14)18-15-5-1-2-10-17-15/h1-2,5,10,13-14H,3-4,6-9,11-12H2,(H,17,18)(H,19,21). The van der Waals surface area contributed by atoms with Gasteiger partial charge in [-0.15, -0.1) is 0 Å². The fourth-order valence-electron chi connectivity index (χ4n) is 3.23. The summed E-state index contributed by atoms with van der Waals surface area (Å²) >= 11 is 0. The average Bonchev–Trinajstić information content (AvgIpc) is 3.05. The molecule has 5 nitrogen and oxygen atoms in total. The van der Waals surface area contributed by atoms with Crippen LogP contribution in [-0.4, -0.2) is 41.1 Å². The lowest BCUT2D eigenvalue weighted by molar-refractivity contribution is 0.200. The minimum absolute atomic E-state index is 0.133. The molecule has 1 saturated heterocycles. The predicted octanol–water partition coefficient (Wildman–Crippen LogP) is 2.61. The molecule has 3 rings (SSSR count). The van der Waals surface area contributed by atoms with Gasteiger partial charge in [0.25, 0.3) is 0 Å². The molecular formula is C16H24N4O. The van der Waals surface area contributed by atoms with Gasteiger partial charge in [0.05, 0.1) is 0 Å². The molecule has 0 atom stereocenters. The summed E-state index contributed by atoms with van der Waals surface area (Å²) in [5.41, 5.74) is 0. The van der Waals surface area contributed by atoms with Crippen LogP contribution < -0.4 is 10.6 Å². The van der Waals surface area contributed by atoms with Gasteiger partial charge in [-0.2, -0.15) is 0 Å². The van der Waals surface area contributed by atoms with Crippen molar-refractivity contribution >= 4 is 11.8 Å². The Morgan fingerprint density at radius 2 is 1.81 bits per heavy atom. The highest BCUT2D eigenvalue weighted by Gasteiger charge is 2.25. The number of nitrogens with one attached hydrogen (secondary N) is 2. The van der Waals surface area contributed by atoms with E-state index in [2.05, 4.69) is 15.6 Å². The van der Waals surface area contributed by atoms with Crippen LogP contribution in [-0.2, 0) is 0 Å². The van der Waals surface area contributed by atoms with Crippen LogP contribution in [0.3, 0.4) is 0 Å². The number of rotatable bonds is 3. The van der Waals surface area contributed by atoms with Gasteiger partial charge in [-0.1, -0.05) is 6.07 Å². The normalized spacial score (nSPS) is 25.6. The molecular weight excluding hydrogens is 264 g/mol. The second-order valence-corrected chi connectivity index (χ2v) is 6.05. The molecule has 1 aromatic heterocycles. The molecule has 5 heteroatoms. The van der Waals surface area contributed by atoms with Gasteiger partial charge in [0.15, 0.2) is 0 Å². The molecule has 114 valence electrons. The van der Waals surface area contributed by atoms with Crippen molar-refractivity contribution in [3.05, 3.63) is 24.4 Å². The number of hydrogen-bond donors (Lipinski definition) is 2. The van der Waals surface area contributed by atoms with Crippen molar-refractivity contribution in [3.63, 3.8) is 0 Å². The van der Waals surface area contributed by atoms with E-state index in [1.54, 1.807) is 0 Å². The van der Waals surface area contributed by atoms with Gasteiger partial charge in [-0.3, -0.25) is 0 Å². The fraction of sp³-hybridized carbons (Fsp3) is 0.625. The first kappa shape index (κ1) is 14.2. The molecule has 2 aliphatic rings. The summed E-state index contributed by atoms with van der Waals surface area (Å²) in [6, 6.07) is 6.86. The van der Waals surface area contributed by atoms with Crippen molar-refractivity contribution in [3.8, 4) is 0 Å². The number of aromatic nitrogens is 1. The number of nitrogens with zero attached hydrogens (tertiary/aromatic N) is 2. The van der Waals surface area contributed by atoms with Crippen molar-refractivity contribution in [2.45, 2.75) is 50.6 Å². The highest BCUT2D eigenvalue weighted by Crippen LogP contribution is 2.22. The highest BCUT2D eigenvalue weighted by atomic mass is 16.2. The molecule has 0 radical (unpaired) electrons. The van der Waals surface area contributed by atoms with E-state index in [1.807, 2.05) is 29.3 Å². The van der Waals surface area contributed by atoms with Crippen molar-refractivity contribution in [2.75, 3.05) is 18.4 Å². The Kier molecular flexibility index (Phi) is 4.58. The summed E-state index contributed by atoms with van der Waals surface area (Å²) in [5.74, 6) is 0.946. The summed E-state index contributed by atoms with van der Waals surface area (Å²) in [5, 5.41) is 6.66. The van der Waals surface area contributed by atoms with Crippen LogP contribution >= 0.6 is 0 Å². The summed E-state index contributed by atoms with van der Waals surface area (Å²) in [6.07, 6.45) is 8.36. The van der Waals surface area contributed by atoms with Gasteiger partial charge in [0.2, 0.25) is 0 Å². The zero-order valence-electron chi connectivity index (χ0n) is 12.4. The van der Waals surface area contributed by atoms with Gasteiger partial charge < -0.3 is 15.5 Å². The van der Waals surface area contributed by atoms with Gasteiger partial charge in [-0.05, 0) is 50.7 Å². The molecule has 2 N–H and O–H groups in total. The number of anilines is 1. The molecule has 1 aliphatic heterocycles. The highest BCUT2D eigenvalue weighted by molar-refractivity contribution is 5.74. The lowest BCUT2D eigenvalue weighted by Gasteiger charge is -2.31. The number of carbonyl (C=O) groups excluding carboxylic acids is 1. The SMILES string of the molecule is O=C(NC1CCC(Nc2ccccn2)CC1)N1CCCC1. The largest absolute Gasteiger partial charge is 0.367 e. The first-order valence-corrected chi connectivity index (χ1v) is 8.04. The first-order valence-electron chi connectivity index (χ1n) is 8.04. The van der Waals surface area contributed by atoms with Crippen LogP contribution in [0, 0.1) is 0 Å². The number of likely N-dealkylation sites (tertiary alicyclic amines) is 1. The van der Waals surface area contributed by atoms with Crippen LogP contribution in [0.25, 0.3) is 0 Å². The van der Waals surface area contributed by atoms with Crippen molar-refractivity contribution < 1.29 is 4.79 Å². The van der Waals surface area contributed by atoms with E-state index in [1.165, 1.54) is 0 Å². The van der Waals surface area contributed by atoms with Crippen LogP contribution in [0.2, 0.25) is 0 Å². The zero-order chi connectivity index (χ0) is 14.5. The molecule has 2 amide bonds. The van der Waals surface area contributed by atoms with Crippen LogP contribution in [0.15, 0.2) is 24.4 Å². The third-order valence-electron chi connectivity index (χ3n) is 4.46. The van der Waals surface area contributed by atoms with Gasteiger partial charge >= 0.3 is 6.03 Å². The van der Waals surface area contributed by atoms with Crippen molar-refractivity contribution in [1.29, 1.82) is 0 Å². The Bertz CT molecular complexity index is 451. The fourth-order valence-corrected chi connectivity index (χ4v) is 3.23. The Morgan fingerprint density at radius 3 is 2.48 bits per heavy atom.